The van der Waals surface area contributed by atoms with Crippen LogP contribution in [-0.4, -0.2) is 56.4 Å². The summed E-state index contributed by atoms with van der Waals surface area (Å²) in [7, 11) is 0. The number of nitrogens with zero attached hydrogens (tertiary/aromatic N) is 3. The highest BCUT2D eigenvalue weighted by molar-refractivity contribution is 5.90. The molecule has 2 saturated heterocycles. The Morgan fingerprint density at radius 2 is 1.79 bits per heavy atom. The molecule has 5 rings (SSSR count). The van der Waals surface area contributed by atoms with Crippen molar-refractivity contribution in [2.24, 2.45) is 0 Å². The van der Waals surface area contributed by atoms with Gasteiger partial charge in [0.1, 0.15) is 5.65 Å². The van der Waals surface area contributed by atoms with Crippen LogP contribution in [0.4, 0.5) is 0 Å². The summed E-state index contributed by atoms with van der Waals surface area (Å²) in [5.74, 6) is -0.364. The molecular formula is C26H29N3O5. The number of hydrogen-bond acceptors (Lipinski definition) is 5. The zero-order chi connectivity index (χ0) is 24.3. The highest BCUT2D eigenvalue weighted by Gasteiger charge is 2.48. The number of likely N-dealkylation sites (tertiary alicyclic amines) is 1. The van der Waals surface area contributed by atoms with Gasteiger partial charge in [0.2, 0.25) is 0 Å². The number of hydrogen-bond donors (Lipinski definition) is 1. The van der Waals surface area contributed by atoms with Gasteiger partial charge in [-0.05, 0) is 43.9 Å². The molecule has 2 aliphatic rings. The lowest BCUT2D eigenvalue weighted by atomic mass is 9.70. The summed E-state index contributed by atoms with van der Waals surface area (Å²) in [6.07, 6.45) is 6.48. The Balaban J connectivity index is 0.000000868. The van der Waals surface area contributed by atoms with E-state index in [1.165, 1.54) is 5.56 Å². The van der Waals surface area contributed by atoms with Crippen molar-refractivity contribution in [3.63, 3.8) is 0 Å². The van der Waals surface area contributed by atoms with Gasteiger partial charge in [-0.15, -0.1) is 0 Å². The van der Waals surface area contributed by atoms with E-state index in [4.69, 9.17) is 19.6 Å². The number of carbonyl (C=O) groups excluding carboxylic acids is 2. The van der Waals surface area contributed by atoms with Gasteiger partial charge >= 0.3 is 5.97 Å². The van der Waals surface area contributed by atoms with E-state index in [0.29, 0.717) is 25.9 Å². The predicted octanol–water partition coefficient (Wildman–Crippen LogP) is 3.35. The minimum absolute atomic E-state index is 0.0779. The number of piperidine rings is 1. The van der Waals surface area contributed by atoms with Crippen molar-refractivity contribution in [2.75, 3.05) is 13.1 Å². The topological polar surface area (TPSA) is 101 Å². The van der Waals surface area contributed by atoms with E-state index >= 15 is 0 Å². The van der Waals surface area contributed by atoms with Crippen molar-refractivity contribution in [1.29, 1.82) is 0 Å². The normalized spacial score (nSPS) is 21.5. The molecule has 178 valence electrons. The molecule has 0 aliphatic carbocycles. The number of fused-ring (bicyclic) bond motifs is 1. The molecule has 1 aromatic carbocycles. The molecule has 1 atom stereocenters. The molecule has 0 saturated carbocycles. The van der Waals surface area contributed by atoms with Crippen LogP contribution in [0.15, 0.2) is 54.9 Å². The second-order valence-corrected chi connectivity index (χ2v) is 9.10. The monoisotopic (exact) mass is 463 g/mol. The first-order valence-electron chi connectivity index (χ1n) is 11.4. The third kappa shape index (κ3) is 4.16. The van der Waals surface area contributed by atoms with Crippen LogP contribution >= 0.6 is 0 Å². The molecule has 8 nitrogen and oxygen atoms in total. The van der Waals surface area contributed by atoms with Crippen molar-refractivity contribution >= 4 is 24.0 Å². The van der Waals surface area contributed by atoms with Gasteiger partial charge in [0.25, 0.3) is 12.4 Å². The molecule has 2 fully saturated rings. The van der Waals surface area contributed by atoms with E-state index < -0.39 is 5.60 Å². The molecule has 0 radical (unpaired) electrons. The van der Waals surface area contributed by atoms with Crippen LogP contribution in [-0.2, 0) is 24.5 Å². The number of pyridine rings is 1. The van der Waals surface area contributed by atoms with Crippen molar-refractivity contribution in [1.82, 2.24) is 14.3 Å². The molecule has 1 unspecified atom stereocenters. The Morgan fingerprint density at radius 3 is 2.38 bits per heavy atom. The number of benzene rings is 1. The Bertz CT molecular complexity index is 1200. The molecule has 34 heavy (non-hydrogen) atoms. The van der Waals surface area contributed by atoms with Gasteiger partial charge in [-0.2, -0.15) is 0 Å². The molecule has 4 heterocycles. The summed E-state index contributed by atoms with van der Waals surface area (Å²) in [5, 5.41) is 6.89. The Labute approximate surface area is 198 Å². The summed E-state index contributed by atoms with van der Waals surface area (Å²) < 4.78 is 7.48. The summed E-state index contributed by atoms with van der Waals surface area (Å²) in [4.78, 5) is 40.1. The van der Waals surface area contributed by atoms with Gasteiger partial charge in [0.15, 0.2) is 5.60 Å². The van der Waals surface area contributed by atoms with Gasteiger partial charge < -0.3 is 19.1 Å². The van der Waals surface area contributed by atoms with E-state index in [9.17, 15) is 9.59 Å². The Kier molecular flexibility index (Phi) is 6.41. The van der Waals surface area contributed by atoms with Gasteiger partial charge in [-0.25, -0.2) is 4.98 Å². The van der Waals surface area contributed by atoms with E-state index in [1.54, 1.807) is 6.92 Å². The van der Waals surface area contributed by atoms with Gasteiger partial charge in [-0.1, -0.05) is 36.4 Å². The number of rotatable bonds is 3. The standard InChI is InChI=1S/C25H27N3O3.CH2O2/c1-18-7-6-14-28-17-20(26-22(18)28)25(19-8-4-3-5-9-19)12-15-27(16-13-25)23(30)24(2)11-10-21(29)31-24;2-1-3/h3-9,14,17H,10-13,15-16H2,1-2H3;1H,(H,2,3). The Morgan fingerprint density at radius 1 is 1.12 bits per heavy atom. The lowest BCUT2D eigenvalue weighted by Crippen LogP contribution is -2.52. The molecule has 0 spiro atoms. The van der Waals surface area contributed by atoms with Crippen molar-refractivity contribution in [3.05, 3.63) is 71.7 Å². The van der Waals surface area contributed by atoms with E-state index in [-0.39, 0.29) is 23.8 Å². The number of ether oxygens (including phenoxy) is 1. The van der Waals surface area contributed by atoms with Gasteiger partial charge in [0, 0.05) is 43.7 Å². The van der Waals surface area contributed by atoms with Crippen molar-refractivity contribution < 1.29 is 24.2 Å². The van der Waals surface area contributed by atoms with Crippen LogP contribution in [0.5, 0.6) is 0 Å². The first-order chi connectivity index (χ1) is 16.3. The number of amides is 1. The first kappa shape index (κ1) is 23.5. The average molecular weight is 464 g/mol. The van der Waals surface area contributed by atoms with E-state index in [2.05, 4.69) is 47.9 Å². The lowest BCUT2D eigenvalue weighted by molar-refractivity contribution is -0.163. The van der Waals surface area contributed by atoms with E-state index in [1.807, 2.05) is 23.2 Å². The lowest BCUT2D eigenvalue weighted by Gasteiger charge is -2.43. The number of imidazole rings is 1. The summed E-state index contributed by atoms with van der Waals surface area (Å²) in [5.41, 5.74) is 3.09. The summed E-state index contributed by atoms with van der Waals surface area (Å²) in [6, 6.07) is 14.6. The van der Waals surface area contributed by atoms with Crippen LogP contribution in [0.2, 0.25) is 0 Å². The fourth-order valence-electron chi connectivity index (χ4n) is 5.10. The van der Waals surface area contributed by atoms with Gasteiger partial charge in [-0.3, -0.25) is 14.4 Å². The minimum Gasteiger partial charge on any atom is -0.483 e. The minimum atomic E-state index is -1.02. The quantitative estimate of drug-likeness (QED) is 0.472. The third-order valence-electron chi connectivity index (χ3n) is 7.00. The van der Waals surface area contributed by atoms with Crippen LogP contribution in [0, 0.1) is 6.92 Å². The number of aryl methyl sites for hydroxylation is 1. The zero-order valence-corrected chi connectivity index (χ0v) is 19.4. The van der Waals surface area contributed by atoms with Crippen LogP contribution < -0.4 is 0 Å². The number of esters is 1. The second-order valence-electron chi connectivity index (χ2n) is 9.10. The number of aromatic nitrogens is 2. The maximum Gasteiger partial charge on any atom is 0.307 e. The molecule has 2 aromatic heterocycles. The maximum atomic E-state index is 13.2. The van der Waals surface area contributed by atoms with Crippen LogP contribution in [0.3, 0.4) is 0 Å². The molecule has 1 amide bonds. The highest BCUT2D eigenvalue weighted by atomic mass is 16.6. The molecule has 1 N–H and O–H groups in total. The molecule has 2 aliphatic heterocycles. The third-order valence-corrected chi connectivity index (χ3v) is 7.00. The van der Waals surface area contributed by atoms with Crippen molar-refractivity contribution in [3.8, 4) is 0 Å². The maximum absolute atomic E-state index is 13.2. The van der Waals surface area contributed by atoms with Crippen LogP contribution in [0.1, 0.15) is 49.4 Å². The fraction of sp³-hybridized carbons (Fsp3) is 0.385. The molecular weight excluding hydrogens is 434 g/mol. The second kappa shape index (κ2) is 9.29. The SMILES string of the molecule is Cc1cccn2cc(C3(c4ccccc4)CCN(C(=O)C4(C)CCC(=O)O4)CC3)nc12.O=CO. The number of cyclic esters (lactones) is 1. The van der Waals surface area contributed by atoms with Crippen LogP contribution in [0.25, 0.3) is 5.65 Å². The molecule has 0 bridgehead atoms. The molecule has 8 heteroatoms. The summed E-state index contributed by atoms with van der Waals surface area (Å²) in [6.45, 7) is 4.78. The largest absolute Gasteiger partial charge is 0.483 e. The molecule has 3 aromatic rings. The zero-order valence-electron chi connectivity index (χ0n) is 19.4. The van der Waals surface area contributed by atoms with Crippen molar-refractivity contribution in [2.45, 2.75) is 50.5 Å². The smallest absolute Gasteiger partial charge is 0.307 e. The Hall–Kier alpha value is -3.68. The summed E-state index contributed by atoms with van der Waals surface area (Å²) >= 11 is 0. The van der Waals surface area contributed by atoms with Gasteiger partial charge in [0.05, 0.1) is 5.69 Å². The predicted molar refractivity (Wildman–Crippen MR) is 125 cm³/mol. The average Bonchev–Trinajstić information content (AvgIpc) is 3.45. The van der Waals surface area contributed by atoms with E-state index in [0.717, 1.165) is 29.7 Å². The first-order valence-corrected chi connectivity index (χ1v) is 11.4. The number of carbonyl (C=O) groups is 3. The highest BCUT2D eigenvalue weighted by Crippen LogP contribution is 2.42. The fourth-order valence-corrected chi connectivity index (χ4v) is 5.10. The number of carboxylic acid groups (broad SMARTS) is 1.